The normalized spacial score (nSPS) is 9.95. The van der Waals surface area contributed by atoms with Gasteiger partial charge in [0.1, 0.15) is 5.75 Å². The second kappa shape index (κ2) is 6.31. The van der Waals surface area contributed by atoms with Crippen molar-refractivity contribution < 1.29 is 9.90 Å². The summed E-state index contributed by atoms with van der Waals surface area (Å²) in [4.78, 5) is 10.7. The molecule has 2 rings (SSSR count). The summed E-state index contributed by atoms with van der Waals surface area (Å²) in [5.41, 5.74) is 0.950. The molecule has 96 valence electrons. The van der Waals surface area contributed by atoms with E-state index in [1.807, 2.05) is 24.3 Å². The van der Waals surface area contributed by atoms with E-state index in [0.717, 1.165) is 22.1 Å². The number of carbonyl (C=O) groups is 1. The molecule has 0 spiro atoms. The first-order valence-electron chi connectivity index (χ1n) is 6.00. The van der Waals surface area contributed by atoms with Gasteiger partial charge in [-0.3, -0.25) is 4.79 Å². The van der Waals surface area contributed by atoms with Crippen LogP contribution in [0.15, 0.2) is 36.4 Å². The van der Waals surface area contributed by atoms with Crippen LogP contribution in [0.2, 0.25) is 0 Å². The fourth-order valence-corrected chi connectivity index (χ4v) is 2.21. The number of carbonyl (C=O) groups excluding carboxylic acids is 1. The molecule has 0 fully saturated rings. The van der Waals surface area contributed by atoms with Crippen LogP contribution >= 0.6 is 11.8 Å². The van der Waals surface area contributed by atoms with Crippen molar-refractivity contribution >= 4 is 27.6 Å². The van der Waals surface area contributed by atoms with Crippen LogP contribution in [0, 0.1) is 11.8 Å². The van der Waals surface area contributed by atoms with Gasteiger partial charge in [-0.05, 0) is 35.0 Å². The van der Waals surface area contributed by atoms with Gasteiger partial charge in [0.25, 0.3) is 0 Å². The summed E-state index contributed by atoms with van der Waals surface area (Å²) in [6.07, 6.45) is 0.706. The van der Waals surface area contributed by atoms with Crippen molar-refractivity contribution in [2.45, 2.75) is 13.3 Å². The highest BCUT2D eigenvalue weighted by Gasteiger charge is 1.96. The molecule has 2 aromatic carbocycles. The van der Waals surface area contributed by atoms with Gasteiger partial charge < -0.3 is 5.11 Å². The lowest BCUT2D eigenvalue weighted by Crippen LogP contribution is -1.84. The van der Waals surface area contributed by atoms with Gasteiger partial charge in [0, 0.05) is 24.7 Å². The van der Waals surface area contributed by atoms with Crippen LogP contribution in [0.3, 0.4) is 0 Å². The van der Waals surface area contributed by atoms with Crippen LogP contribution in [-0.4, -0.2) is 16.0 Å². The highest BCUT2D eigenvalue weighted by molar-refractivity contribution is 8.13. The van der Waals surface area contributed by atoms with Crippen molar-refractivity contribution in [2.24, 2.45) is 0 Å². The summed E-state index contributed by atoms with van der Waals surface area (Å²) < 4.78 is 0. The van der Waals surface area contributed by atoms with Crippen LogP contribution < -0.4 is 0 Å². The molecular formula is C16H14O2S. The van der Waals surface area contributed by atoms with Crippen molar-refractivity contribution in [2.75, 3.05) is 5.75 Å². The third kappa shape index (κ3) is 4.04. The molecule has 0 atom stereocenters. The van der Waals surface area contributed by atoms with Crippen LogP contribution in [0.25, 0.3) is 10.8 Å². The van der Waals surface area contributed by atoms with E-state index in [0.29, 0.717) is 6.42 Å². The lowest BCUT2D eigenvalue weighted by Gasteiger charge is -1.99. The number of aromatic hydroxyl groups is 1. The molecule has 0 amide bonds. The Morgan fingerprint density at radius 3 is 2.74 bits per heavy atom. The minimum Gasteiger partial charge on any atom is -0.508 e. The average molecular weight is 270 g/mol. The number of hydrogen-bond donors (Lipinski definition) is 1. The smallest absolute Gasteiger partial charge is 0.185 e. The van der Waals surface area contributed by atoms with E-state index in [2.05, 4.69) is 11.8 Å². The number of hydrogen-bond acceptors (Lipinski definition) is 3. The summed E-state index contributed by atoms with van der Waals surface area (Å²) in [6.45, 7) is 1.57. The number of rotatable bonds is 2. The molecule has 2 aromatic rings. The average Bonchev–Trinajstić information content (AvgIpc) is 2.38. The summed E-state index contributed by atoms with van der Waals surface area (Å²) >= 11 is 1.30. The molecule has 2 nitrogen and oxygen atoms in total. The van der Waals surface area contributed by atoms with Gasteiger partial charge in [-0.15, -0.1) is 0 Å². The molecule has 0 heterocycles. The number of phenolic OH excluding ortho intramolecular Hbond substituents is 1. The summed E-state index contributed by atoms with van der Waals surface area (Å²) in [7, 11) is 0. The Kier molecular flexibility index (Phi) is 4.48. The second-order valence-corrected chi connectivity index (χ2v) is 5.41. The van der Waals surface area contributed by atoms with Gasteiger partial charge in [-0.2, -0.15) is 0 Å². The molecule has 3 heteroatoms. The molecule has 0 saturated carbocycles. The minimum atomic E-state index is 0.132. The van der Waals surface area contributed by atoms with Crippen molar-refractivity contribution in [3.05, 3.63) is 42.0 Å². The fraction of sp³-hybridized carbons (Fsp3) is 0.188. The molecule has 1 N–H and O–H groups in total. The zero-order valence-electron chi connectivity index (χ0n) is 10.6. The molecule has 0 unspecified atom stereocenters. The molecule has 0 bridgehead atoms. The Bertz CT molecular complexity index is 665. The summed E-state index contributed by atoms with van der Waals surface area (Å²) in [5, 5.41) is 11.6. The highest BCUT2D eigenvalue weighted by Crippen LogP contribution is 2.20. The lowest BCUT2D eigenvalue weighted by molar-refractivity contribution is -0.109. The molecule has 19 heavy (non-hydrogen) atoms. The maximum absolute atomic E-state index is 10.7. The largest absolute Gasteiger partial charge is 0.508 e. The van der Waals surface area contributed by atoms with Crippen LogP contribution in [0.4, 0.5) is 0 Å². The number of fused-ring (bicyclic) bond motifs is 1. The van der Waals surface area contributed by atoms with E-state index in [4.69, 9.17) is 0 Å². The first kappa shape index (κ1) is 13.5. The molecule has 0 radical (unpaired) electrons. The van der Waals surface area contributed by atoms with Crippen molar-refractivity contribution in [3.63, 3.8) is 0 Å². The monoisotopic (exact) mass is 270 g/mol. The zero-order valence-corrected chi connectivity index (χ0v) is 11.5. The second-order valence-electron chi connectivity index (χ2n) is 4.14. The van der Waals surface area contributed by atoms with Crippen molar-refractivity contribution in [1.82, 2.24) is 0 Å². The molecule has 0 aliphatic carbocycles. The number of thioether (sulfide) groups is 1. The van der Waals surface area contributed by atoms with Gasteiger partial charge in [-0.25, -0.2) is 0 Å². The predicted molar refractivity (Wildman–Crippen MR) is 80.2 cm³/mol. The highest BCUT2D eigenvalue weighted by atomic mass is 32.2. The third-order valence-corrected chi connectivity index (χ3v) is 3.40. The first-order chi connectivity index (χ1) is 9.15. The Balaban J connectivity index is 2.07. The Morgan fingerprint density at radius 2 is 1.95 bits per heavy atom. The molecular weight excluding hydrogens is 256 g/mol. The minimum absolute atomic E-state index is 0.132. The van der Waals surface area contributed by atoms with Gasteiger partial charge in [0.05, 0.1) is 0 Å². The van der Waals surface area contributed by atoms with E-state index < -0.39 is 0 Å². The zero-order chi connectivity index (χ0) is 13.7. The van der Waals surface area contributed by atoms with Gasteiger partial charge in [0.15, 0.2) is 5.12 Å². The SMILES string of the molecule is CC(=O)SCCC#Cc1ccc2cc(O)ccc2c1. The van der Waals surface area contributed by atoms with Crippen LogP contribution in [0.1, 0.15) is 18.9 Å². The van der Waals surface area contributed by atoms with E-state index in [-0.39, 0.29) is 10.9 Å². The van der Waals surface area contributed by atoms with Crippen LogP contribution in [-0.2, 0) is 4.79 Å². The lowest BCUT2D eigenvalue weighted by atomic mass is 10.1. The maximum atomic E-state index is 10.7. The van der Waals surface area contributed by atoms with Crippen molar-refractivity contribution in [3.8, 4) is 17.6 Å². The molecule has 0 saturated heterocycles. The number of benzene rings is 2. The van der Waals surface area contributed by atoms with E-state index >= 15 is 0 Å². The Hall–Kier alpha value is -1.92. The molecule has 0 aromatic heterocycles. The Labute approximate surface area is 116 Å². The third-order valence-electron chi connectivity index (χ3n) is 2.59. The van der Waals surface area contributed by atoms with E-state index in [1.165, 1.54) is 11.8 Å². The van der Waals surface area contributed by atoms with Crippen LogP contribution in [0.5, 0.6) is 5.75 Å². The topological polar surface area (TPSA) is 37.3 Å². The van der Waals surface area contributed by atoms with Gasteiger partial charge in [0.2, 0.25) is 0 Å². The quantitative estimate of drug-likeness (QED) is 0.669. The fourth-order valence-electron chi connectivity index (χ4n) is 1.72. The first-order valence-corrected chi connectivity index (χ1v) is 6.99. The predicted octanol–water partition coefficient (Wildman–Crippen LogP) is 3.57. The summed E-state index contributed by atoms with van der Waals surface area (Å²) in [5.74, 6) is 7.16. The standard InChI is InChI=1S/C16H14O2S/c1-12(17)19-9-3-2-4-13-5-6-15-11-16(18)8-7-14(15)10-13/h5-8,10-11,18H,3,9H2,1H3. The van der Waals surface area contributed by atoms with E-state index in [1.54, 1.807) is 19.1 Å². The van der Waals surface area contributed by atoms with Gasteiger partial charge in [-0.1, -0.05) is 35.7 Å². The van der Waals surface area contributed by atoms with Gasteiger partial charge >= 0.3 is 0 Å². The molecule has 0 aliphatic rings. The van der Waals surface area contributed by atoms with Crippen molar-refractivity contribution in [1.29, 1.82) is 0 Å². The Morgan fingerprint density at radius 1 is 1.21 bits per heavy atom. The number of phenols is 1. The summed E-state index contributed by atoms with van der Waals surface area (Å²) in [6, 6.07) is 11.2. The maximum Gasteiger partial charge on any atom is 0.185 e. The molecule has 0 aliphatic heterocycles. The van der Waals surface area contributed by atoms with E-state index in [9.17, 15) is 9.90 Å².